The molecule has 1 amide bonds. The number of ether oxygens (including phenoxy) is 1. The molecule has 0 fully saturated rings. The Hall–Kier alpha value is -3.45. The Bertz CT molecular complexity index is 1230. The smallest absolute Gasteiger partial charge is 0.294 e. The van der Waals surface area contributed by atoms with E-state index in [2.05, 4.69) is 4.98 Å². The molecule has 7 heteroatoms. The molecule has 170 valence electrons. The fourth-order valence-electron chi connectivity index (χ4n) is 4.11. The van der Waals surface area contributed by atoms with Crippen LogP contribution in [0.25, 0.3) is 11.3 Å². The van der Waals surface area contributed by atoms with Crippen LogP contribution in [0.5, 0.6) is 5.75 Å². The summed E-state index contributed by atoms with van der Waals surface area (Å²) in [5, 5.41) is 13.8. The van der Waals surface area contributed by atoms with Gasteiger partial charge in [-0.3, -0.25) is 14.5 Å². The van der Waals surface area contributed by atoms with E-state index in [1.807, 2.05) is 68.6 Å². The molecule has 4 rings (SSSR count). The molecule has 1 N–H and O–H groups in total. The highest BCUT2D eigenvalue weighted by Crippen LogP contribution is 2.44. The number of rotatable bonds is 7. The third kappa shape index (κ3) is 4.28. The summed E-state index contributed by atoms with van der Waals surface area (Å²) in [5.41, 5.74) is 3.12. The van der Waals surface area contributed by atoms with E-state index in [0.29, 0.717) is 17.0 Å². The number of nitrogens with zero attached hydrogens (tertiary/aromatic N) is 2. The number of amides is 1. The van der Waals surface area contributed by atoms with Crippen molar-refractivity contribution in [3.63, 3.8) is 0 Å². The van der Waals surface area contributed by atoms with E-state index in [1.54, 1.807) is 24.5 Å². The van der Waals surface area contributed by atoms with E-state index in [4.69, 9.17) is 4.74 Å². The van der Waals surface area contributed by atoms with Crippen molar-refractivity contribution in [1.82, 2.24) is 4.98 Å². The largest absolute Gasteiger partial charge is 0.503 e. The van der Waals surface area contributed by atoms with Crippen molar-refractivity contribution in [2.75, 3.05) is 12.0 Å². The quantitative estimate of drug-likeness (QED) is 0.491. The fourth-order valence-corrected chi connectivity index (χ4v) is 4.73. The number of aliphatic hydroxyl groups excluding tert-OH is 1. The Balaban J connectivity index is 1.81. The Morgan fingerprint density at radius 2 is 1.88 bits per heavy atom. The molecule has 1 aliphatic rings. The molecular formula is C26H26N2O4S. The number of aliphatic hydroxyl groups is 1. The van der Waals surface area contributed by atoms with Crippen LogP contribution in [-0.2, 0) is 9.59 Å². The van der Waals surface area contributed by atoms with E-state index in [-0.39, 0.29) is 23.7 Å². The third-order valence-corrected chi connectivity index (χ3v) is 6.37. The highest BCUT2D eigenvalue weighted by molar-refractivity contribution is 7.09. The average Bonchev–Trinajstić information content (AvgIpc) is 3.34. The zero-order valence-corrected chi connectivity index (χ0v) is 19.8. The van der Waals surface area contributed by atoms with Gasteiger partial charge in [-0.1, -0.05) is 44.2 Å². The average molecular weight is 463 g/mol. The zero-order chi connectivity index (χ0) is 23.7. The molecule has 0 spiro atoms. The molecule has 0 saturated heterocycles. The lowest BCUT2D eigenvalue weighted by atomic mass is 9.91. The van der Waals surface area contributed by atoms with Gasteiger partial charge in [-0.2, -0.15) is 0 Å². The number of hydrogen-bond donors (Lipinski definition) is 1. The maximum atomic E-state index is 13.3. The zero-order valence-electron chi connectivity index (χ0n) is 19.0. The topological polar surface area (TPSA) is 79.7 Å². The second kappa shape index (κ2) is 9.19. The number of anilines is 1. The van der Waals surface area contributed by atoms with Crippen LogP contribution in [0.1, 0.15) is 36.9 Å². The minimum Gasteiger partial charge on any atom is -0.503 e. The molecule has 2 aromatic carbocycles. The molecule has 6 nitrogen and oxygen atoms in total. The summed E-state index contributed by atoms with van der Waals surface area (Å²) in [5.74, 6) is -0.726. The number of aryl methyl sites for hydroxylation is 1. The van der Waals surface area contributed by atoms with Crippen molar-refractivity contribution in [2.45, 2.75) is 33.2 Å². The van der Waals surface area contributed by atoms with Gasteiger partial charge in [0.1, 0.15) is 5.75 Å². The Morgan fingerprint density at radius 3 is 2.48 bits per heavy atom. The number of thiazole rings is 1. The van der Waals surface area contributed by atoms with Gasteiger partial charge in [0.15, 0.2) is 11.5 Å². The monoisotopic (exact) mass is 462 g/mol. The van der Waals surface area contributed by atoms with Crippen LogP contribution in [-0.4, -0.2) is 28.9 Å². The lowest BCUT2D eigenvalue weighted by Crippen LogP contribution is -2.31. The van der Waals surface area contributed by atoms with Gasteiger partial charge in [0.25, 0.3) is 5.91 Å². The molecule has 0 aliphatic carbocycles. The van der Waals surface area contributed by atoms with Gasteiger partial charge in [-0.15, -0.1) is 11.3 Å². The molecule has 1 unspecified atom stereocenters. The summed E-state index contributed by atoms with van der Waals surface area (Å²) >= 11 is 1.57. The van der Waals surface area contributed by atoms with Crippen molar-refractivity contribution in [3.8, 4) is 17.0 Å². The summed E-state index contributed by atoms with van der Waals surface area (Å²) < 4.78 is 5.54. The first kappa shape index (κ1) is 22.7. The van der Waals surface area contributed by atoms with Gasteiger partial charge >= 0.3 is 0 Å². The van der Waals surface area contributed by atoms with Crippen LogP contribution in [0.3, 0.4) is 0 Å². The van der Waals surface area contributed by atoms with Crippen LogP contribution in [0.4, 0.5) is 5.69 Å². The predicted octanol–water partition coefficient (Wildman–Crippen LogP) is 5.64. The highest BCUT2D eigenvalue weighted by Gasteiger charge is 2.45. The molecule has 1 atom stereocenters. The van der Waals surface area contributed by atoms with E-state index in [9.17, 15) is 14.7 Å². The van der Waals surface area contributed by atoms with Crippen molar-refractivity contribution in [1.29, 1.82) is 0 Å². The number of para-hydroxylation sites is 1. The van der Waals surface area contributed by atoms with Crippen LogP contribution in [0.2, 0.25) is 0 Å². The van der Waals surface area contributed by atoms with Crippen LogP contribution in [0, 0.1) is 12.8 Å². The molecule has 1 aromatic heterocycles. The van der Waals surface area contributed by atoms with Gasteiger partial charge in [0.05, 0.1) is 29.4 Å². The van der Waals surface area contributed by atoms with Crippen molar-refractivity contribution in [2.24, 2.45) is 5.92 Å². The Kier molecular flexibility index (Phi) is 6.33. The van der Waals surface area contributed by atoms with Gasteiger partial charge in [0, 0.05) is 28.6 Å². The number of aromatic nitrogens is 1. The number of benzene rings is 2. The first-order valence-corrected chi connectivity index (χ1v) is 11.6. The maximum Gasteiger partial charge on any atom is 0.294 e. The van der Waals surface area contributed by atoms with Gasteiger partial charge < -0.3 is 9.84 Å². The highest BCUT2D eigenvalue weighted by atomic mass is 32.1. The second-order valence-corrected chi connectivity index (χ2v) is 9.46. The second-order valence-electron chi connectivity index (χ2n) is 8.40. The summed E-state index contributed by atoms with van der Waals surface area (Å²) in [6.07, 6.45) is 0.230. The minimum atomic E-state index is -0.785. The number of ketones is 1. The van der Waals surface area contributed by atoms with E-state index >= 15 is 0 Å². The van der Waals surface area contributed by atoms with Crippen LogP contribution < -0.4 is 9.64 Å². The summed E-state index contributed by atoms with van der Waals surface area (Å²) in [6, 6.07) is 13.9. The number of carbonyl (C=O) groups is 2. The number of methoxy groups -OCH3 is 1. The Morgan fingerprint density at radius 1 is 1.18 bits per heavy atom. The van der Waals surface area contributed by atoms with Crippen LogP contribution >= 0.6 is 11.3 Å². The lowest BCUT2D eigenvalue weighted by molar-refractivity contribution is -0.118. The lowest BCUT2D eigenvalue weighted by Gasteiger charge is -2.28. The number of Topliss-reactive ketones (excluding diaryl/α,β-unsaturated/α-hetero) is 1. The molecular weight excluding hydrogens is 436 g/mol. The Labute approximate surface area is 197 Å². The molecule has 0 saturated carbocycles. The first-order chi connectivity index (χ1) is 15.8. The van der Waals surface area contributed by atoms with Crippen molar-refractivity contribution < 1.29 is 19.4 Å². The summed E-state index contributed by atoms with van der Waals surface area (Å²) in [4.78, 5) is 32.4. The standard InChI is InChI=1S/C26H26N2O4S/c1-15(2)13-21(29)23-24(19-7-5-6-8-22(19)32-4)28(26(31)25(23)30)18-11-9-17(10-12-18)20-14-33-16(3)27-20/h5-12,14-15,24,30H,13H2,1-4H3. The van der Waals surface area contributed by atoms with Crippen LogP contribution in [0.15, 0.2) is 65.2 Å². The van der Waals surface area contributed by atoms with Crippen molar-refractivity contribution >= 4 is 28.7 Å². The molecule has 0 bridgehead atoms. The third-order valence-electron chi connectivity index (χ3n) is 5.60. The predicted molar refractivity (Wildman–Crippen MR) is 130 cm³/mol. The summed E-state index contributed by atoms with van der Waals surface area (Å²) in [6.45, 7) is 5.82. The SMILES string of the molecule is COc1ccccc1C1C(C(=O)CC(C)C)=C(O)C(=O)N1c1ccc(-c2csc(C)n2)cc1. The van der Waals surface area contributed by atoms with E-state index in [0.717, 1.165) is 16.3 Å². The van der Waals surface area contributed by atoms with Gasteiger partial charge in [-0.05, 0) is 31.0 Å². The molecule has 1 aliphatic heterocycles. The fraction of sp³-hybridized carbons (Fsp3) is 0.269. The number of carbonyl (C=O) groups excluding carboxylic acids is 2. The normalized spacial score (nSPS) is 16.1. The molecule has 3 aromatic rings. The molecule has 33 heavy (non-hydrogen) atoms. The van der Waals surface area contributed by atoms with E-state index < -0.39 is 17.7 Å². The minimum absolute atomic E-state index is 0.0844. The molecule has 0 radical (unpaired) electrons. The van der Waals surface area contributed by atoms with Crippen molar-refractivity contribution in [3.05, 3.63) is 75.8 Å². The number of hydrogen-bond acceptors (Lipinski definition) is 6. The van der Waals surface area contributed by atoms with Gasteiger partial charge in [0.2, 0.25) is 0 Å². The maximum absolute atomic E-state index is 13.3. The first-order valence-electron chi connectivity index (χ1n) is 10.8. The summed E-state index contributed by atoms with van der Waals surface area (Å²) in [7, 11) is 1.55. The van der Waals surface area contributed by atoms with E-state index in [1.165, 1.54) is 4.90 Å². The molecule has 2 heterocycles. The van der Waals surface area contributed by atoms with Gasteiger partial charge in [-0.25, -0.2) is 4.98 Å².